The van der Waals surface area contributed by atoms with Crippen LogP contribution in [0.25, 0.3) is 11.1 Å². The molecule has 2 rings (SSSR count). The summed E-state index contributed by atoms with van der Waals surface area (Å²) in [6.07, 6.45) is 0. The van der Waals surface area contributed by atoms with E-state index < -0.39 is 0 Å². The van der Waals surface area contributed by atoms with Crippen LogP contribution in [0.4, 0.5) is 0 Å². The van der Waals surface area contributed by atoms with E-state index in [4.69, 9.17) is 0 Å². The number of thiol groups is 1. The van der Waals surface area contributed by atoms with Crippen molar-refractivity contribution in [2.24, 2.45) is 0 Å². The van der Waals surface area contributed by atoms with Crippen LogP contribution in [0.2, 0.25) is 0 Å². The van der Waals surface area contributed by atoms with E-state index in [1.165, 1.54) is 0 Å². The molecule has 0 unspecified atom stereocenters. The molecule has 0 aliphatic rings. The lowest BCUT2D eigenvalue weighted by molar-refractivity contribution is 0.467. The minimum atomic E-state index is 0.0831. The molecule has 0 aliphatic heterocycles. The number of hydrogen-bond acceptors (Lipinski definition) is 3. The summed E-state index contributed by atoms with van der Waals surface area (Å²) in [5.74, 6) is 0.194. The van der Waals surface area contributed by atoms with E-state index in [1.54, 1.807) is 24.3 Å². The van der Waals surface area contributed by atoms with Gasteiger partial charge in [0.25, 0.3) is 0 Å². The number of rotatable bonds is 1. The monoisotopic (exact) mass is 388 g/mol. The van der Waals surface area contributed by atoms with Crippen molar-refractivity contribution < 1.29 is 10.2 Å². The van der Waals surface area contributed by atoms with Gasteiger partial charge >= 0.3 is 0 Å². The zero-order chi connectivity index (χ0) is 13.4. The maximum Gasteiger partial charge on any atom is 0.124 e. The van der Waals surface area contributed by atoms with Crippen LogP contribution in [-0.4, -0.2) is 10.2 Å². The summed E-state index contributed by atoms with van der Waals surface area (Å²) >= 11 is 11.2. The number of phenolic OH excluding ortho intramolecular Hbond substituents is 2. The summed E-state index contributed by atoms with van der Waals surface area (Å²) in [5.41, 5.74) is 1.94. The fourth-order valence-electron chi connectivity index (χ4n) is 1.79. The van der Waals surface area contributed by atoms with Crippen LogP contribution in [0.5, 0.6) is 11.5 Å². The molecule has 0 heterocycles. The second-order valence-electron chi connectivity index (χ2n) is 3.86. The molecular weight excluding hydrogens is 380 g/mol. The molecule has 0 radical (unpaired) electrons. The van der Waals surface area contributed by atoms with Gasteiger partial charge in [0.2, 0.25) is 0 Å². The highest BCUT2D eigenvalue weighted by Crippen LogP contribution is 2.45. The number of benzene rings is 2. The fourth-order valence-corrected chi connectivity index (χ4v) is 2.75. The zero-order valence-electron chi connectivity index (χ0n) is 9.41. The van der Waals surface area contributed by atoms with Crippen molar-refractivity contribution in [3.05, 3.63) is 38.8 Å². The van der Waals surface area contributed by atoms with Crippen molar-refractivity contribution in [1.29, 1.82) is 0 Å². The lowest BCUT2D eigenvalue weighted by atomic mass is 9.98. The molecule has 0 atom stereocenters. The summed E-state index contributed by atoms with van der Waals surface area (Å²) in [7, 11) is 0. The standard InChI is InChI=1S/C13H10Br2O2S/c1-6-7(14)2-4-9(16)11(6)12-10(17)5-3-8(15)13(12)18/h2-5,16-18H,1H3. The molecule has 2 aromatic carbocycles. The van der Waals surface area contributed by atoms with Crippen LogP contribution >= 0.6 is 44.5 Å². The average molecular weight is 390 g/mol. The lowest BCUT2D eigenvalue weighted by Gasteiger charge is -2.14. The number of halogens is 2. The van der Waals surface area contributed by atoms with Crippen LogP contribution < -0.4 is 0 Å². The summed E-state index contributed by atoms with van der Waals surface area (Å²) in [6.45, 7) is 1.87. The van der Waals surface area contributed by atoms with Gasteiger partial charge in [-0.1, -0.05) is 15.9 Å². The van der Waals surface area contributed by atoms with Crippen molar-refractivity contribution in [1.82, 2.24) is 0 Å². The molecule has 0 saturated carbocycles. The first-order valence-corrected chi connectivity index (χ1v) is 7.15. The summed E-state index contributed by atoms with van der Waals surface area (Å²) in [5, 5.41) is 20.0. The molecule has 94 valence electrons. The topological polar surface area (TPSA) is 40.5 Å². The summed E-state index contributed by atoms with van der Waals surface area (Å²) in [6, 6.07) is 6.63. The normalized spacial score (nSPS) is 10.7. The zero-order valence-corrected chi connectivity index (χ0v) is 13.5. The largest absolute Gasteiger partial charge is 0.507 e. The molecule has 2 aromatic rings. The number of aromatic hydroxyl groups is 2. The number of phenols is 2. The van der Waals surface area contributed by atoms with E-state index in [1.807, 2.05) is 6.92 Å². The highest BCUT2D eigenvalue weighted by molar-refractivity contribution is 9.10. The predicted molar refractivity (Wildman–Crippen MR) is 82.6 cm³/mol. The van der Waals surface area contributed by atoms with Gasteiger partial charge in [0.05, 0.1) is 0 Å². The molecule has 5 heteroatoms. The minimum absolute atomic E-state index is 0.0831. The van der Waals surface area contributed by atoms with Gasteiger partial charge in [-0.25, -0.2) is 0 Å². The van der Waals surface area contributed by atoms with Gasteiger partial charge in [0.1, 0.15) is 11.5 Å². The van der Waals surface area contributed by atoms with E-state index in [-0.39, 0.29) is 11.5 Å². The van der Waals surface area contributed by atoms with E-state index >= 15 is 0 Å². The van der Waals surface area contributed by atoms with Crippen molar-refractivity contribution >= 4 is 44.5 Å². The van der Waals surface area contributed by atoms with Gasteiger partial charge in [0.15, 0.2) is 0 Å². The van der Waals surface area contributed by atoms with Crippen LogP contribution in [-0.2, 0) is 0 Å². The van der Waals surface area contributed by atoms with E-state index in [0.717, 1.165) is 14.5 Å². The van der Waals surface area contributed by atoms with Crippen molar-refractivity contribution in [3.8, 4) is 22.6 Å². The molecule has 2 N–H and O–H groups in total. The first-order valence-electron chi connectivity index (χ1n) is 5.12. The highest BCUT2D eigenvalue weighted by Gasteiger charge is 2.18. The third-order valence-corrected chi connectivity index (χ3v) is 5.02. The molecule has 0 amide bonds. The smallest absolute Gasteiger partial charge is 0.124 e. The van der Waals surface area contributed by atoms with Crippen molar-refractivity contribution in [2.75, 3.05) is 0 Å². The Morgan fingerprint density at radius 2 is 1.39 bits per heavy atom. The lowest BCUT2D eigenvalue weighted by Crippen LogP contribution is -1.89. The Bertz CT molecular complexity index is 571. The second-order valence-corrected chi connectivity index (χ2v) is 6.01. The van der Waals surface area contributed by atoms with E-state index in [2.05, 4.69) is 44.5 Å². The summed E-state index contributed by atoms with van der Waals surface area (Å²) < 4.78 is 1.62. The molecule has 0 aromatic heterocycles. The third kappa shape index (κ3) is 2.27. The van der Waals surface area contributed by atoms with Crippen molar-refractivity contribution in [3.63, 3.8) is 0 Å². The maximum absolute atomic E-state index is 10.0. The Labute approximate surface area is 127 Å². The predicted octanol–water partition coefficient (Wildman–Crippen LogP) is 4.89. The van der Waals surface area contributed by atoms with Gasteiger partial charge in [-0.3, -0.25) is 0 Å². The first kappa shape index (κ1) is 13.8. The molecule has 0 fully saturated rings. The Balaban J connectivity index is 2.85. The first-order chi connectivity index (χ1) is 8.43. The minimum Gasteiger partial charge on any atom is -0.507 e. The SMILES string of the molecule is Cc1c(Br)ccc(O)c1-c1c(O)ccc(Br)c1S. The quantitative estimate of drug-likeness (QED) is 0.608. The molecular formula is C13H10Br2O2S. The van der Waals surface area contributed by atoms with E-state index in [0.29, 0.717) is 16.0 Å². The van der Waals surface area contributed by atoms with E-state index in [9.17, 15) is 10.2 Å². The van der Waals surface area contributed by atoms with Crippen molar-refractivity contribution in [2.45, 2.75) is 11.8 Å². The second kappa shape index (κ2) is 5.15. The maximum atomic E-state index is 10.0. The van der Waals surface area contributed by atoms with Crippen LogP contribution in [0, 0.1) is 6.92 Å². The van der Waals surface area contributed by atoms with Gasteiger partial charge in [-0.05, 0) is 52.7 Å². The van der Waals surface area contributed by atoms with Gasteiger partial charge in [-0.2, -0.15) is 0 Å². The average Bonchev–Trinajstić information content (AvgIpc) is 2.33. The third-order valence-electron chi connectivity index (χ3n) is 2.73. The summed E-state index contributed by atoms with van der Waals surface area (Å²) in [4.78, 5) is 0.589. The van der Waals surface area contributed by atoms with Crippen LogP contribution in [0.3, 0.4) is 0 Å². The Morgan fingerprint density at radius 3 is 2.00 bits per heavy atom. The number of hydrogen-bond donors (Lipinski definition) is 3. The van der Waals surface area contributed by atoms with Gasteiger partial charge in [0, 0.05) is 25.0 Å². The molecule has 0 aliphatic carbocycles. The van der Waals surface area contributed by atoms with Crippen LogP contribution in [0.15, 0.2) is 38.1 Å². The molecule has 18 heavy (non-hydrogen) atoms. The fraction of sp³-hybridized carbons (Fsp3) is 0.0769. The molecule has 0 spiro atoms. The van der Waals surface area contributed by atoms with Crippen LogP contribution in [0.1, 0.15) is 5.56 Å². The highest BCUT2D eigenvalue weighted by atomic mass is 79.9. The Morgan fingerprint density at radius 1 is 0.889 bits per heavy atom. The molecule has 2 nitrogen and oxygen atoms in total. The molecule has 0 saturated heterocycles. The Hall–Kier alpha value is -0.650. The Kier molecular flexibility index (Phi) is 3.94. The van der Waals surface area contributed by atoms with Gasteiger partial charge in [-0.15, -0.1) is 12.6 Å². The van der Waals surface area contributed by atoms with Gasteiger partial charge < -0.3 is 10.2 Å². The molecule has 0 bridgehead atoms.